The number of rotatable bonds is 4. The number of benzene rings is 1. The third kappa shape index (κ3) is 2.59. The summed E-state index contributed by atoms with van der Waals surface area (Å²) in [6.45, 7) is -0.0245. The number of halogens is 1. The summed E-state index contributed by atoms with van der Waals surface area (Å²) >= 11 is 3.15. The molecular weight excluding hydrogens is 334 g/mol. The number of nitrogens with zero attached hydrogens (tertiary/aromatic N) is 4. The van der Waals surface area contributed by atoms with Crippen molar-refractivity contribution in [1.29, 1.82) is 0 Å². The van der Waals surface area contributed by atoms with E-state index in [1.807, 2.05) is 0 Å². The van der Waals surface area contributed by atoms with Gasteiger partial charge in [-0.1, -0.05) is 15.9 Å². The highest BCUT2D eigenvalue weighted by Gasteiger charge is 2.20. The summed E-state index contributed by atoms with van der Waals surface area (Å²) in [7, 11) is 0. The highest BCUT2D eigenvalue weighted by molar-refractivity contribution is 9.10. The van der Waals surface area contributed by atoms with E-state index in [2.05, 4.69) is 21.0 Å². The minimum atomic E-state index is -0.658. The van der Waals surface area contributed by atoms with Crippen molar-refractivity contribution >= 4 is 33.1 Å². The fourth-order valence-electron chi connectivity index (χ4n) is 1.65. The monoisotopic (exact) mass is 341 g/mol. The van der Waals surface area contributed by atoms with Gasteiger partial charge in [-0.3, -0.25) is 20.2 Å². The highest BCUT2D eigenvalue weighted by atomic mass is 79.9. The van der Waals surface area contributed by atoms with Crippen molar-refractivity contribution in [3.05, 3.63) is 54.7 Å². The first-order valence-electron chi connectivity index (χ1n) is 5.28. The molecule has 0 saturated heterocycles. The first kappa shape index (κ1) is 13.9. The second-order valence-electron chi connectivity index (χ2n) is 3.86. The molecule has 10 heteroatoms. The van der Waals surface area contributed by atoms with Gasteiger partial charge in [0.1, 0.15) is 6.20 Å². The lowest BCUT2D eigenvalue weighted by molar-refractivity contribution is -0.385. The molecule has 0 saturated carbocycles. The SMILES string of the molecule is Nc1c([N+](=O)[O-])cnn1Cc1ccc(Br)cc1[N+](=O)[O-]. The Morgan fingerprint density at radius 1 is 1.25 bits per heavy atom. The van der Waals surface area contributed by atoms with Crippen LogP contribution in [0.2, 0.25) is 0 Å². The van der Waals surface area contributed by atoms with E-state index >= 15 is 0 Å². The Balaban J connectivity index is 2.40. The topological polar surface area (TPSA) is 130 Å². The zero-order chi connectivity index (χ0) is 14.9. The van der Waals surface area contributed by atoms with Gasteiger partial charge < -0.3 is 5.73 Å². The second-order valence-corrected chi connectivity index (χ2v) is 4.78. The van der Waals surface area contributed by atoms with Gasteiger partial charge in [0.05, 0.1) is 22.0 Å². The zero-order valence-corrected chi connectivity index (χ0v) is 11.5. The Morgan fingerprint density at radius 3 is 2.45 bits per heavy atom. The first-order chi connectivity index (χ1) is 9.40. The summed E-state index contributed by atoms with van der Waals surface area (Å²) in [6, 6.07) is 4.52. The smallest absolute Gasteiger partial charge is 0.330 e. The molecule has 0 fully saturated rings. The zero-order valence-electron chi connectivity index (χ0n) is 9.89. The molecule has 0 aliphatic rings. The summed E-state index contributed by atoms with van der Waals surface area (Å²) in [5, 5.41) is 25.4. The predicted octanol–water partition coefficient (Wildman–Crippen LogP) is 2.09. The number of aromatic nitrogens is 2. The molecular formula is C10H8BrN5O4. The molecule has 2 rings (SSSR count). The van der Waals surface area contributed by atoms with E-state index in [9.17, 15) is 20.2 Å². The summed E-state index contributed by atoms with van der Waals surface area (Å²) in [6.07, 6.45) is 1.01. The molecule has 0 aliphatic carbocycles. The van der Waals surface area contributed by atoms with Crippen LogP contribution in [0.5, 0.6) is 0 Å². The van der Waals surface area contributed by atoms with Crippen LogP contribution in [0.25, 0.3) is 0 Å². The van der Waals surface area contributed by atoms with E-state index < -0.39 is 9.85 Å². The van der Waals surface area contributed by atoms with Crippen molar-refractivity contribution in [2.24, 2.45) is 0 Å². The van der Waals surface area contributed by atoms with Crippen LogP contribution in [0.4, 0.5) is 17.2 Å². The van der Waals surface area contributed by atoms with Gasteiger partial charge in [-0.25, -0.2) is 4.68 Å². The minimum absolute atomic E-state index is 0.0245. The van der Waals surface area contributed by atoms with Crippen LogP contribution in [-0.4, -0.2) is 19.6 Å². The van der Waals surface area contributed by atoms with Crippen molar-refractivity contribution < 1.29 is 9.85 Å². The maximum Gasteiger partial charge on any atom is 0.330 e. The molecule has 1 aromatic heterocycles. The minimum Gasteiger partial charge on any atom is -0.378 e. The summed E-state index contributed by atoms with van der Waals surface area (Å²) in [5.41, 5.74) is 5.49. The van der Waals surface area contributed by atoms with E-state index in [0.29, 0.717) is 10.0 Å². The van der Waals surface area contributed by atoms with Crippen molar-refractivity contribution in [3.63, 3.8) is 0 Å². The first-order valence-corrected chi connectivity index (χ1v) is 6.08. The lowest BCUT2D eigenvalue weighted by Crippen LogP contribution is -2.08. The number of nitro benzene ring substituents is 1. The van der Waals surface area contributed by atoms with Crippen LogP contribution in [0.3, 0.4) is 0 Å². The van der Waals surface area contributed by atoms with Gasteiger partial charge in [0.2, 0.25) is 5.82 Å². The Kier molecular flexibility index (Phi) is 3.66. The molecule has 0 aliphatic heterocycles. The van der Waals surface area contributed by atoms with Crippen LogP contribution in [0.15, 0.2) is 28.9 Å². The van der Waals surface area contributed by atoms with Crippen LogP contribution < -0.4 is 5.73 Å². The quantitative estimate of drug-likeness (QED) is 0.669. The maximum atomic E-state index is 11.0. The fourth-order valence-corrected chi connectivity index (χ4v) is 2.00. The van der Waals surface area contributed by atoms with E-state index in [-0.39, 0.29) is 23.7 Å². The summed E-state index contributed by atoms with van der Waals surface area (Å²) in [5.74, 6) is -0.146. The number of nitrogens with two attached hydrogens (primary N) is 1. The van der Waals surface area contributed by atoms with Crippen LogP contribution in [0.1, 0.15) is 5.56 Å². The van der Waals surface area contributed by atoms with Gasteiger partial charge in [-0.2, -0.15) is 5.10 Å². The molecule has 0 unspecified atom stereocenters. The molecule has 0 radical (unpaired) electrons. The van der Waals surface area contributed by atoms with Gasteiger partial charge in [-0.15, -0.1) is 0 Å². The largest absolute Gasteiger partial charge is 0.378 e. The Morgan fingerprint density at radius 2 is 1.90 bits per heavy atom. The third-order valence-corrected chi connectivity index (χ3v) is 3.11. The molecule has 0 atom stereocenters. The molecule has 9 nitrogen and oxygen atoms in total. The van der Waals surface area contributed by atoms with Gasteiger partial charge in [-0.05, 0) is 12.1 Å². The van der Waals surface area contributed by atoms with Crippen LogP contribution >= 0.6 is 15.9 Å². The average molecular weight is 342 g/mol. The molecule has 1 heterocycles. The second kappa shape index (κ2) is 5.25. The predicted molar refractivity (Wildman–Crippen MR) is 73.2 cm³/mol. The molecule has 104 valence electrons. The van der Waals surface area contributed by atoms with E-state index in [4.69, 9.17) is 5.73 Å². The third-order valence-electron chi connectivity index (χ3n) is 2.62. The lowest BCUT2D eigenvalue weighted by atomic mass is 10.2. The molecule has 2 N–H and O–H groups in total. The van der Waals surface area contributed by atoms with Gasteiger partial charge in [0.25, 0.3) is 5.69 Å². The Labute approximate surface area is 120 Å². The number of nitro groups is 2. The fraction of sp³-hybridized carbons (Fsp3) is 0.100. The molecule has 1 aromatic carbocycles. The van der Waals surface area contributed by atoms with Gasteiger partial charge >= 0.3 is 5.69 Å². The van der Waals surface area contributed by atoms with Crippen molar-refractivity contribution in [1.82, 2.24) is 9.78 Å². The van der Waals surface area contributed by atoms with Crippen molar-refractivity contribution in [2.45, 2.75) is 6.54 Å². The normalized spacial score (nSPS) is 10.4. The van der Waals surface area contributed by atoms with Gasteiger partial charge in [0.15, 0.2) is 0 Å². The molecule has 2 aromatic rings. The molecule has 0 spiro atoms. The number of nitrogen functional groups attached to an aromatic ring is 1. The highest BCUT2D eigenvalue weighted by Crippen LogP contribution is 2.26. The van der Waals surface area contributed by atoms with Crippen molar-refractivity contribution in [2.75, 3.05) is 5.73 Å². The Bertz CT molecular complexity index is 699. The number of hydrogen-bond acceptors (Lipinski definition) is 6. The maximum absolute atomic E-state index is 11.0. The standard InChI is InChI=1S/C10H8BrN5O4/c11-7-2-1-6(8(3-7)15(17)18)5-14-10(12)9(4-13-14)16(19)20/h1-4H,5,12H2. The van der Waals surface area contributed by atoms with Crippen LogP contribution in [0, 0.1) is 20.2 Å². The van der Waals surface area contributed by atoms with E-state index in [1.165, 1.54) is 12.1 Å². The van der Waals surface area contributed by atoms with E-state index in [1.54, 1.807) is 6.07 Å². The molecule has 0 amide bonds. The lowest BCUT2D eigenvalue weighted by Gasteiger charge is -2.05. The molecule has 0 bridgehead atoms. The number of anilines is 1. The van der Waals surface area contributed by atoms with Gasteiger partial charge in [0, 0.05) is 10.5 Å². The van der Waals surface area contributed by atoms with Crippen molar-refractivity contribution in [3.8, 4) is 0 Å². The van der Waals surface area contributed by atoms with Crippen LogP contribution in [-0.2, 0) is 6.54 Å². The Hall–Kier alpha value is -2.49. The van der Waals surface area contributed by atoms with E-state index in [0.717, 1.165) is 10.9 Å². The average Bonchev–Trinajstić information content (AvgIpc) is 2.73. The summed E-state index contributed by atoms with van der Waals surface area (Å²) < 4.78 is 1.71. The molecule has 20 heavy (non-hydrogen) atoms. The summed E-state index contributed by atoms with van der Waals surface area (Å²) in [4.78, 5) is 20.5. The number of hydrogen-bond donors (Lipinski definition) is 1.